The zero-order chi connectivity index (χ0) is 22.8. The number of carbonyl (C=O) groups excluding carboxylic acids is 1. The minimum atomic E-state index is -0.254. The number of anilines is 1. The van der Waals surface area contributed by atoms with E-state index in [4.69, 9.17) is 0 Å². The van der Waals surface area contributed by atoms with E-state index in [1.54, 1.807) is 17.0 Å². The number of rotatable bonds is 5. The predicted molar refractivity (Wildman–Crippen MR) is 133 cm³/mol. The van der Waals surface area contributed by atoms with Crippen LogP contribution in [0.1, 0.15) is 40.7 Å². The molecule has 0 radical (unpaired) electrons. The van der Waals surface area contributed by atoms with E-state index in [0.717, 1.165) is 36.2 Å². The van der Waals surface area contributed by atoms with Crippen LogP contribution < -0.4 is 4.90 Å². The largest absolute Gasteiger partial charge is 0.311 e. The molecule has 168 valence electrons. The van der Waals surface area contributed by atoms with E-state index in [9.17, 15) is 9.18 Å². The molecule has 2 aliphatic rings. The Morgan fingerprint density at radius 3 is 2.27 bits per heavy atom. The molecule has 1 heterocycles. The van der Waals surface area contributed by atoms with Gasteiger partial charge in [0, 0.05) is 24.8 Å². The van der Waals surface area contributed by atoms with Crippen LogP contribution in [-0.2, 0) is 6.42 Å². The third-order valence-corrected chi connectivity index (χ3v) is 6.83. The molecule has 1 aliphatic heterocycles. The minimum absolute atomic E-state index is 0.0401. The zero-order valence-electron chi connectivity index (χ0n) is 19.1. The van der Waals surface area contributed by atoms with Crippen molar-refractivity contribution in [1.29, 1.82) is 0 Å². The molecule has 1 saturated heterocycles. The molecule has 1 fully saturated rings. The monoisotopic (exact) mass is 440 g/mol. The Hall–Kier alpha value is -3.24. The molecule has 3 nitrogen and oxygen atoms in total. The van der Waals surface area contributed by atoms with E-state index in [1.807, 2.05) is 37.4 Å². The molecule has 0 N–H and O–H groups in total. The van der Waals surface area contributed by atoms with Crippen molar-refractivity contribution >= 4 is 17.7 Å². The number of hydrogen-bond acceptors (Lipinski definition) is 2. The van der Waals surface area contributed by atoms with Gasteiger partial charge < -0.3 is 4.90 Å². The van der Waals surface area contributed by atoms with Gasteiger partial charge in [-0.1, -0.05) is 42.0 Å². The number of carbonyl (C=O) groups is 1. The number of fused-ring (bicyclic) bond motifs is 1. The fourth-order valence-electron chi connectivity index (χ4n) is 4.86. The highest BCUT2D eigenvalue weighted by Crippen LogP contribution is 2.29. The summed E-state index contributed by atoms with van der Waals surface area (Å²) >= 11 is 0. The van der Waals surface area contributed by atoms with Gasteiger partial charge in [-0.05, 0) is 97.4 Å². The zero-order valence-corrected chi connectivity index (χ0v) is 19.1. The van der Waals surface area contributed by atoms with E-state index < -0.39 is 0 Å². The van der Waals surface area contributed by atoms with E-state index >= 15 is 0 Å². The highest BCUT2D eigenvalue weighted by atomic mass is 19.1. The molecule has 3 aromatic rings. The lowest BCUT2D eigenvalue weighted by molar-refractivity contribution is 0.0993. The van der Waals surface area contributed by atoms with Gasteiger partial charge in [0.2, 0.25) is 0 Å². The number of amides is 1. The predicted octanol–water partition coefficient (Wildman–Crippen LogP) is 6.19. The lowest BCUT2D eigenvalue weighted by Crippen LogP contribution is -2.26. The van der Waals surface area contributed by atoms with Crippen LogP contribution in [0.4, 0.5) is 10.1 Å². The first-order valence-electron chi connectivity index (χ1n) is 11.8. The third-order valence-electron chi connectivity index (χ3n) is 6.83. The molecule has 1 amide bonds. The number of aryl methyl sites for hydroxylation is 1. The standard InChI is InChI=1S/C29H29FN2O/c1-31(29(33)24-8-6-22(7-9-24)23-10-13-27(30)14-11-23)28-15-12-25-18-21(4-5-26(25)19-28)20-32-16-2-3-17-32/h6-15,18-19H,2-5,16-17,20H2,1H3. The van der Waals surface area contributed by atoms with Crippen molar-refractivity contribution in [2.24, 2.45) is 0 Å². The van der Waals surface area contributed by atoms with E-state index in [0.29, 0.717) is 5.56 Å². The summed E-state index contributed by atoms with van der Waals surface area (Å²) in [5, 5.41) is 0. The van der Waals surface area contributed by atoms with Gasteiger partial charge in [-0.15, -0.1) is 0 Å². The summed E-state index contributed by atoms with van der Waals surface area (Å²) < 4.78 is 13.2. The van der Waals surface area contributed by atoms with Crippen molar-refractivity contribution in [1.82, 2.24) is 4.90 Å². The highest BCUT2D eigenvalue weighted by Gasteiger charge is 2.19. The maximum absolute atomic E-state index is 13.2. The van der Waals surface area contributed by atoms with E-state index in [-0.39, 0.29) is 11.7 Å². The molecule has 1 aliphatic carbocycles. The molecule has 33 heavy (non-hydrogen) atoms. The number of likely N-dealkylation sites (tertiary alicyclic amines) is 1. The van der Waals surface area contributed by atoms with E-state index in [1.165, 1.54) is 54.8 Å². The Morgan fingerprint density at radius 2 is 1.58 bits per heavy atom. The van der Waals surface area contributed by atoms with E-state index in [2.05, 4.69) is 23.1 Å². The van der Waals surface area contributed by atoms with Crippen LogP contribution in [0.5, 0.6) is 0 Å². The second kappa shape index (κ2) is 9.32. The summed E-state index contributed by atoms with van der Waals surface area (Å²) in [6, 6.07) is 20.2. The van der Waals surface area contributed by atoms with Crippen LogP contribution in [0, 0.1) is 5.82 Å². The molecule has 0 bridgehead atoms. The first-order chi connectivity index (χ1) is 16.1. The number of halogens is 1. The number of hydrogen-bond donors (Lipinski definition) is 0. The van der Waals surface area contributed by atoms with Gasteiger partial charge in [-0.25, -0.2) is 4.39 Å². The lowest BCUT2D eigenvalue weighted by atomic mass is 9.91. The van der Waals surface area contributed by atoms with Crippen molar-refractivity contribution in [2.45, 2.75) is 25.7 Å². The summed E-state index contributed by atoms with van der Waals surface area (Å²) in [5.74, 6) is -0.294. The minimum Gasteiger partial charge on any atom is -0.311 e. The van der Waals surface area contributed by atoms with Crippen molar-refractivity contribution in [2.75, 3.05) is 31.6 Å². The summed E-state index contributed by atoms with van der Waals surface area (Å²) in [7, 11) is 1.83. The van der Waals surface area contributed by atoms with Crippen molar-refractivity contribution < 1.29 is 9.18 Å². The Kier molecular flexibility index (Phi) is 6.10. The molecule has 4 heteroatoms. The normalized spacial score (nSPS) is 15.8. The Bertz CT molecular complexity index is 1180. The van der Waals surface area contributed by atoms with Crippen LogP contribution >= 0.6 is 0 Å². The molecule has 5 rings (SSSR count). The molecular weight excluding hydrogens is 411 g/mol. The average Bonchev–Trinajstić information content (AvgIpc) is 3.36. The van der Waals surface area contributed by atoms with Gasteiger partial charge in [-0.2, -0.15) is 0 Å². The Labute approximate surface area is 195 Å². The van der Waals surface area contributed by atoms with Gasteiger partial charge >= 0.3 is 0 Å². The third kappa shape index (κ3) is 4.76. The van der Waals surface area contributed by atoms with Crippen LogP contribution in [-0.4, -0.2) is 37.5 Å². The summed E-state index contributed by atoms with van der Waals surface area (Å²) in [6.45, 7) is 3.54. The molecule has 0 saturated carbocycles. The molecule has 0 atom stereocenters. The van der Waals surface area contributed by atoms with Gasteiger partial charge in [-0.3, -0.25) is 9.69 Å². The number of nitrogens with zero attached hydrogens (tertiary/aromatic N) is 2. The maximum Gasteiger partial charge on any atom is 0.258 e. The van der Waals surface area contributed by atoms with Crippen molar-refractivity contribution in [3.8, 4) is 11.1 Å². The molecular formula is C29H29FN2O. The molecule has 3 aromatic carbocycles. The Balaban J connectivity index is 1.29. The van der Waals surface area contributed by atoms with Crippen LogP contribution in [0.25, 0.3) is 17.2 Å². The van der Waals surface area contributed by atoms with Crippen molar-refractivity contribution in [3.05, 3.63) is 94.8 Å². The van der Waals surface area contributed by atoms with Crippen LogP contribution in [0.3, 0.4) is 0 Å². The number of benzene rings is 3. The fourth-order valence-corrected chi connectivity index (χ4v) is 4.86. The van der Waals surface area contributed by atoms with Gasteiger partial charge in [0.15, 0.2) is 0 Å². The average molecular weight is 441 g/mol. The first kappa shape index (κ1) is 21.6. The fraction of sp³-hybridized carbons (Fsp3) is 0.276. The molecule has 0 spiro atoms. The van der Waals surface area contributed by atoms with Crippen molar-refractivity contribution in [3.63, 3.8) is 0 Å². The van der Waals surface area contributed by atoms with Crippen LogP contribution in [0.15, 0.2) is 72.3 Å². The molecule has 0 unspecified atom stereocenters. The topological polar surface area (TPSA) is 23.6 Å². The van der Waals surface area contributed by atoms with Crippen LogP contribution in [0.2, 0.25) is 0 Å². The quantitative estimate of drug-likeness (QED) is 0.472. The summed E-state index contributed by atoms with van der Waals surface area (Å²) in [6.07, 6.45) is 7.11. The molecule has 0 aromatic heterocycles. The second-order valence-corrected chi connectivity index (χ2v) is 9.12. The highest BCUT2D eigenvalue weighted by molar-refractivity contribution is 6.06. The lowest BCUT2D eigenvalue weighted by Gasteiger charge is -2.24. The van der Waals surface area contributed by atoms with Gasteiger partial charge in [0.25, 0.3) is 5.91 Å². The van der Waals surface area contributed by atoms with Gasteiger partial charge in [0.1, 0.15) is 5.82 Å². The van der Waals surface area contributed by atoms with Gasteiger partial charge in [0.05, 0.1) is 0 Å². The Morgan fingerprint density at radius 1 is 0.909 bits per heavy atom. The summed E-state index contributed by atoms with van der Waals surface area (Å²) in [4.78, 5) is 17.4. The first-order valence-corrected chi connectivity index (χ1v) is 11.8. The SMILES string of the molecule is CN(C(=O)c1ccc(-c2ccc(F)cc2)cc1)c1ccc2c(c1)CCC(CN1CCCC1)=C2. The maximum atomic E-state index is 13.2. The second-order valence-electron chi connectivity index (χ2n) is 9.12. The summed E-state index contributed by atoms with van der Waals surface area (Å²) in [5.41, 5.74) is 7.54. The smallest absolute Gasteiger partial charge is 0.258 e.